The van der Waals surface area contributed by atoms with Gasteiger partial charge in [0.05, 0.1) is 17.8 Å². The molecule has 1 aromatic rings. The van der Waals surface area contributed by atoms with E-state index < -0.39 is 5.09 Å². The molecular formula is C8H11N3O4. The molecule has 7 nitrogen and oxygen atoms in total. The third-order valence-corrected chi connectivity index (χ3v) is 1.42. The van der Waals surface area contributed by atoms with Crippen molar-refractivity contribution in [3.05, 3.63) is 45.2 Å². The summed E-state index contributed by atoms with van der Waals surface area (Å²) >= 11 is 0. The molecule has 0 aliphatic heterocycles. The number of ether oxygens (including phenoxy) is 1. The Bertz CT molecular complexity index is 332. The Morgan fingerprint density at radius 2 is 1.80 bits per heavy atom. The highest BCUT2D eigenvalue weighted by atomic mass is 16.9. The van der Waals surface area contributed by atoms with Crippen LogP contribution in [0.1, 0.15) is 5.56 Å². The van der Waals surface area contributed by atoms with E-state index in [0.29, 0.717) is 5.84 Å². The van der Waals surface area contributed by atoms with E-state index in [-0.39, 0.29) is 0 Å². The summed E-state index contributed by atoms with van der Waals surface area (Å²) in [6.07, 6.45) is 0. The van der Waals surface area contributed by atoms with E-state index in [2.05, 4.69) is 0 Å². The van der Waals surface area contributed by atoms with Crippen molar-refractivity contribution in [2.45, 2.75) is 0 Å². The highest BCUT2D eigenvalue weighted by molar-refractivity contribution is 5.92. The highest BCUT2D eigenvalue weighted by Crippen LogP contribution is 2.09. The second kappa shape index (κ2) is 6.19. The maximum Gasteiger partial charge on any atom is 0.270 e. The summed E-state index contributed by atoms with van der Waals surface area (Å²) in [6.45, 7) is 0. The van der Waals surface area contributed by atoms with Gasteiger partial charge in [0, 0.05) is 0 Å². The quantitative estimate of drug-likeness (QED) is 0.279. The first-order valence-corrected chi connectivity index (χ1v) is 3.81. The lowest BCUT2D eigenvalue weighted by molar-refractivity contribution is -0.402. The van der Waals surface area contributed by atoms with Crippen molar-refractivity contribution < 1.29 is 15.2 Å². The van der Waals surface area contributed by atoms with Gasteiger partial charge in [-0.3, -0.25) is 11.1 Å². The fraction of sp³-hybridized carbons (Fsp3) is 0.125. The molecule has 0 radical (unpaired) electrons. The molecule has 0 fully saturated rings. The van der Waals surface area contributed by atoms with Crippen LogP contribution in [-0.2, 0) is 0 Å². The van der Waals surface area contributed by atoms with Gasteiger partial charge >= 0.3 is 0 Å². The van der Waals surface area contributed by atoms with Gasteiger partial charge in [0.2, 0.25) is 0 Å². The lowest BCUT2D eigenvalue weighted by Crippen LogP contribution is -2.46. The largest absolute Gasteiger partial charge is 0.497 e. The van der Waals surface area contributed by atoms with E-state index in [9.17, 15) is 0 Å². The number of nitrogens with zero attached hydrogens (tertiary/aromatic N) is 1. The number of amidine groups is 1. The van der Waals surface area contributed by atoms with Gasteiger partial charge in [0.25, 0.3) is 5.84 Å². The molecule has 1 aromatic carbocycles. The number of methoxy groups -OCH3 is 1. The van der Waals surface area contributed by atoms with Gasteiger partial charge in [-0.05, 0) is 24.3 Å². The van der Waals surface area contributed by atoms with Crippen molar-refractivity contribution in [3.63, 3.8) is 0 Å². The molecule has 0 amide bonds. The summed E-state index contributed by atoms with van der Waals surface area (Å²) in [5, 5.41) is 20.1. The van der Waals surface area contributed by atoms with Gasteiger partial charge in [0.15, 0.2) is 0 Å². The van der Waals surface area contributed by atoms with Crippen LogP contribution >= 0.6 is 0 Å². The van der Waals surface area contributed by atoms with Crippen molar-refractivity contribution >= 4 is 5.84 Å². The maximum absolute atomic E-state index is 8.25. The number of rotatable bonds is 2. The SMILES string of the molecule is COc1ccc(C(N)=[NH2+])cc1.O=[N+]([O-])[O-]. The van der Waals surface area contributed by atoms with Crippen molar-refractivity contribution in [1.82, 2.24) is 0 Å². The average molecular weight is 213 g/mol. The van der Waals surface area contributed by atoms with E-state index in [1.807, 2.05) is 24.3 Å². The lowest BCUT2D eigenvalue weighted by atomic mass is 10.2. The summed E-state index contributed by atoms with van der Waals surface area (Å²) in [7, 11) is 1.62. The molecule has 0 aliphatic rings. The van der Waals surface area contributed by atoms with Crippen LogP contribution in [0.2, 0.25) is 0 Å². The number of benzene rings is 1. The van der Waals surface area contributed by atoms with E-state index in [1.54, 1.807) is 7.11 Å². The van der Waals surface area contributed by atoms with Crippen LogP contribution in [-0.4, -0.2) is 18.0 Å². The number of nitrogens with two attached hydrogens (primary N) is 2. The van der Waals surface area contributed by atoms with Crippen molar-refractivity contribution in [2.75, 3.05) is 7.11 Å². The van der Waals surface area contributed by atoms with E-state index in [1.165, 1.54) is 0 Å². The fourth-order valence-electron chi connectivity index (χ4n) is 0.783. The van der Waals surface area contributed by atoms with Crippen LogP contribution in [0, 0.1) is 15.3 Å². The van der Waals surface area contributed by atoms with E-state index in [0.717, 1.165) is 11.3 Å². The van der Waals surface area contributed by atoms with Crippen LogP contribution in [0.3, 0.4) is 0 Å². The van der Waals surface area contributed by atoms with Crippen LogP contribution in [0.5, 0.6) is 5.75 Å². The molecule has 0 bridgehead atoms. The Morgan fingerprint density at radius 1 is 1.40 bits per heavy atom. The van der Waals surface area contributed by atoms with Gasteiger partial charge in [-0.15, -0.1) is 0 Å². The normalized spacial score (nSPS) is 8.33. The minimum Gasteiger partial charge on any atom is -0.497 e. The van der Waals surface area contributed by atoms with Crippen LogP contribution in [0.15, 0.2) is 24.3 Å². The van der Waals surface area contributed by atoms with Gasteiger partial charge in [-0.1, -0.05) is 0 Å². The molecule has 82 valence electrons. The van der Waals surface area contributed by atoms with Gasteiger partial charge in [-0.25, -0.2) is 0 Å². The van der Waals surface area contributed by atoms with Crippen LogP contribution < -0.4 is 15.9 Å². The predicted octanol–water partition coefficient (Wildman–Crippen LogP) is -1.08. The molecule has 4 N–H and O–H groups in total. The fourth-order valence-corrected chi connectivity index (χ4v) is 0.783. The van der Waals surface area contributed by atoms with Crippen molar-refractivity contribution in [3.8, 4) is 5.75 Å². The number of hydrogen-bond donors (Lipinski definition) is 2. The second-order valence-corrected chi connectivity index (χ2v) is 2.41. The summed E-state index contributed by atoms with van der Waals surface area (Å²) in [4.78, 5) is 8.25. The molecule has 0 spiro atoms. The minimum atomic E-state index is -1.75. The molecule has 0 heterocycles. The molecule has 0 saturated heterocycles. The maximum atomic E-state index is 8.25. The molecular weight excluding hydrogens is 202 g/mol. The first-order valence-electron chi connectivity index (χ1n) is 3.81. The van der Waals surface area contributed by atoms with E-state index >= 15 is 0 Å². The highest BCUT2D eigenvalue weighted by Gasteiger charge is 1.99. The van der Waals surface area contributed by atoms with Crippen molar-refractivity contribution in [2.24, 2.45) is 5.73 Å². The molecule has 0 unspecified atom stereocenters. The Kier molecular flexibility index (Phi) is 5.24. The molecule has 0 saturated carbocycles. The lowest BCUT2D eigenvalue weighted by Gasteiger charge is -1.98. The smallest absolute Gasteiger partial charge is 0.270 e. The van der Waals surface area contributed by atoms with Crippen molar-refractivity contribution in [1.29, 1.82) is 0 Å². The molecule has 15 heavy (non-hydrogen) atoms. The zero-order valence-electron chi connectivity index (χ0n) is 8.04. The van der Waals surface area contributed by atoms with Gasteiger partial charge in [-0.2, -0.15) is 0 Å². The first-order chi connectivity index (χ1) is 6.97. The Labute approximate surface area is 85.7 Å². The molecule has 1 rings (SSSR count). The zero-order valence-corrected chi connectivity index (χ0v) is 8.04. The first kappa shape index (κ1) is 12.7. The second-order valence-electron chi connectivity index (χ2n) is 2.41. The van der Waals surface area contributed by atoms with Gasteiger partial charge < -0.3 is 20.1 Å². The molecule has 0 aliphatic carbocycles. The summed E-state index contributed by atoms with van der Waals surface area (Å²) in [6, 6.07) is 7.26. The third-order valence-electron chi connectivity index (χ3n) is 1.42. The summed E-state index contributed by atoms with van der Waals surface area (Å²) in [5.74, 6) is 1.13. The molecule has 0 atom stereocenters. The minimum absolute atomic E-state index is 0.327. The number of hydrogen-bond acceptors (Lipinski definition) is 4. The van der Waals surface area contributed by atoms with Gasteiger partial charge in [0.1, 0.15) is 5.75 Å². The third kappa shape index (κ3) is 5.86. The Morgan fingerprint density at radius 3 is 2.07 bits per heavy atom. The van der Waals surface area contributed by atoms with E-state index in [4.69, 9.17) is 31.2 Å². The van der Waals surface area contributed by atoms with Crippen LogP contribution in [0.25, 0.3) is 0 Å². The monoisotopic (exact) mass is 213 g/mol. The summed E-state index contributed by atoms with van der Waals surface area (Å²) in [5.41, 5.74) is 6.18. The zero-order chi connectivity index (χ0) is 11.8. The van der Waals surface area contributed by atoms with Crippen LogP contribution in [0.4, 0.5) is 0 Å². The standard InChI is InChI=1S/C8H10N2O.NO3/c1-11-7-4-2-6(3-5-7)8(9)10;2-1(3)4/h2-5H,1H3,(H3,9,10);/q;-1/p+1. The average Bonchev–Trinajstić information content (AvgIpc) is 2.17. The molecule has 0 aromatic heterocycles. The Balaban J connectivity index is 0.000000423. The topological polar surface area (TPSA) is 127 Å². The summed E-state index contributed by atoms with van der Waals surface area (Å²) < 4.78 is 4.96. The predicted molar refractivity (Wildman–Crippen MR) is 53.6 cm³/mol. The Hall–Kier alpha value is -2.31. The molecule has 7 heteroatoms.